The van der Waals surface area contributed by atoms with Crippen molar-refractivity contribution in [2.24, 2.45) is 0 Å². The van der Waals surface area contributed by atoms with E-state index < -0.39 is 5.82 Å². The number of carbonyl (C=O) groups excluding carboxylic acids is 1. The van der Waals surface area contributed by atoms with Gasteiger partial charge in [-0.2, -0.15) is 0 Å². The van der Waals surface area contributed by atoms with Crippen LogP contribution in [0.3, 0.4) is 0 Å². The minimum atomic E-state index is -0.496. The molecule has 3 rings (SSSR count). The van der Waals surface area contributed by atoms with Crippen molar-refractivity contribution in [2.45, 2.75) is 39.2 Å². The van der Waals surface area contributed by atoms with Crippen LogP contribution in [0.2, 0.25) is 0 Å². The Balaban J connectivity index is 1.80. The van der Waals surface area contributed by atoms with Crippen LogP contribution in [-0.4, -0.2) is 62.1 Å². The van der Waals surface area contributed by atoms with Gasteiger partial charge in [-0.25, -0.2) is 4.39 Å². The summed E-state index contributed by atoms with van der Waals surface area (Å²) in [5, 5.41) is 0. The molecule has 5 nitrogen and oxygen atoms in total. The van der Waals surface area contributed by atoms with Gasteiger partial charge in [0.2, 0.25) is 0 Å². The van der Waals surface area contributed by atoms with Crippen LogP contribution in [-0.2, 0) is 0 Å². The van der Waals surface area contributed by atoms with Gasteiger partial charge in [-0.05, 0) is 67.7 Å². The van der Waals surface area contributed by atoms with E-state index in [4.69, 9.17) is 9.47 Å². The first-order chi connectivity index (χ1) is 15.0. The highest BCUT2D eigenvalue weighted by Crippen LogP contribution is 2.33. The van der Waals surface area contributed by atoms with Gasteiger partial charge in [0.1, 0.15) is 5.82 Å². The number of hydrogen-bond donors (Lipinski definition) is 0. The fraction of sp³-hybridized carbons (Fsp3) is 0.480. The fourth-order valence-corrected chi connectivity index (χ4v) is 4.32. The molecule has 1 heterocycles. The molecule has 1 aliphatic rings. The molecular formula is C25H33FN2O3. The summed E-state index contributed by atoms with van der Waals surface area (Å²) >= 11 is 0. The smallest absolute Gasteiger partial charge is 0.257 e. The van der Waals surface area contributed by atoms with Crippen molar-refractivity contribution in [3.63, 3.8) is 0 Å². The molecule has 1 saturated heterocycles. The van der Waals surface area contributed by atoms with Gasteiger partial charge in [0, 0.05) is 19.1 Å². The van der Waals surface area contributed by atoms with Gasteiger partial charge in [0.15, 0.2) is 11.5 Å². The lowest BCUT2D eigenvalue weighted by Gasteiger charge is -2.30. The zero-order chi connectivity index (χ0) is 22.4. The average Bonchev–Trinajstić information content (AvgIpc) is 3.25. The number of benzene rings is 2. The number of methoxy groups -OCH3 is 2. The lowest BCUT2D eigenvalue weighted by molar-refractivity contribution is 0.0697. The summed E-state index contributed by atoms with van der Waals surface area (Å²) in [6.07, 6.45) is 3.02. The van der Waals surface area contributed by atoms with E-state index in [1.54, 1.807) is 38.5 Å². The normalized spacial score (nSPS) is 16.1. The van der Waals surface area contributed by atoms with Crippen LogP contribution in [0.5, 0.6) is 11.5 Å². The van der Waals surface area contributed by atoms with Crippen molar-refractivity contribution >= 4 is 5.91 Å². The zero-order valence-electron chi connectivity index (χ0n) is 19.0. The molecule has 31 heavy (non-hydrogen) atoms. The van der Waals surface area contributed by atoms with Crippen LogP contribution in [0.4, 0.5) is 4.39 Å². The Morgan fingerprint density at radius 2 is 1.81 bits per heavy atom. The second kappa shape index (κ2) is 10.6. The number of likely N-dealkylation sites (N-methyl/N-ethyl adjacent to an activating group) is 1. The molecule has 2 aromatic rings. The fourth-order valence-electron chi connectivity index (χ4n) is 4.32. The number of likely N-dealkylation sites (tertiary alicyclic amines) is 1. The Hall–Kier alpha value is -2.60. The number of amides is 1. The van der Waals surface area contributed by atoms with Crippen LogP contribution in [0.15, 0.2) is 36.4 Å². The van der Waals surface area contributed by atoms with Gasteiger partial charge in [0.25, 0.3) is 5.91 Å². The molecule has 0 aromatic heterocycles. The molecule has 0 bridgehead atoms. The molecule has 6 heteroatoms. The van der Waals surface area contributed by atoms with Gasteiger partial charge in [0.05, 0.1) is 19.8 Å². The molecular weight excluding hydrogens is 395 g/mol. The maximum Gasteiger partial charge on any atom is 0.257 e. The number of nitrogens with zero attached hydrogens (tertiary/aromatic N) is 2. The van der Waals surface area contributed by atoms with Gasteiger partial charge in [-0.15, -0.1) is 0 Å². The molecule has 1 amide bonds. The van der Waals surface area contributed by atoms with E-state index in [0.717, 1.165) is 44.5 Å². The molecule has 0 N–H and O–H groups in total. The number of carbonyl (C=O) groups is 1. The van der Waals surface area contributed by atoms with E-state index in [1.807, 2.05) is 11.0 Å². The second-order valence-electron chi connectivity index (χ2n) is 7.95. The van der Waals surface area contributed by atoms with Crippen molar-refractivity contribution in [1.82, 2.24) is 9.80 Å². The van der Waals surface area contributed by atoms with Crippen molar-refractivity contribution in [2.75, 3.05) is 40.4 Å². The Morgan fingerprint density at radius 3 is 2.45 bits per heavy atom. The van der Waals surface area contributed by atoms with E-state index in [-0.39, 0.29) is 17.5 Å². The Morgan fingerprint density at radius 1 is 1.10 bits per heavy atom. The molecule has 1 fully saturated rings. The third-order valence-corrected chi connectivity index (χ3v) is 6.01. The van der Waals surface area contributed by atoms with Gasteiger partial charge < -0.3 is 19.3 Å². The van der Waals surface area contributed by atoms with Gasteiger partial charge in [-0.3, -0.25) is 4.79 Å². The van der Waals surface area contributed by atoms with Crippen LogP contribution in [0, 0.1) is 5.82 Å². The second-order valence-corrected chi connectivity index (χ2v) is 7.95. The van der Waals surface area contributed by atoms with E-state index in [0.29, 0.717) is 23.6 Å². The Kier molecular flexibility index (Phi) is 7.91. The highest BCUT2D eigenvalue weighted by Gasteiger charge is 2.31. The lowest BCUT2D eigenvalue weighted by Crippen LogP contribution is -2.43. The largest absolute Gasteiger partial charge is 0.493 e. The van der Waals surface area contributed by atoms with Crippen LogP contribution < -0.4 is 9.47 Å². The summed E-state index contributed by atoms with van der Waals surface area (Å²) in [5.74, 6) is 0.478. The van der Waals surface area contributed by atoms with Crippen molar-refractivity contribution in [1.29, 1.82) is 0 Å². The molecule has 0 saturated carbocycles. The molecule has 0 radical (unpaired) electrons. The predicted octanol–water partition coefficient (Wildman–Crippen LogP) is 4.85. The predicted molar refractivity (Wildman–Crippen MR) is 121 cm³/mol. The number of ether oxygens (including phenoxy) is 2. The standard InChI is InChI=1S/C25H33FN2O3/c1-5-13-27(6-2)17-20-8-7-14-28(20)25(29)21-11-9-18(15-22(21)26)19-10-12-23(30-3)24(16-19)31-4/h9-12,15-16,20H,5-8,13-14,17H2,1-4H3. The highest BCUT2D eigenvalue weighted by molar-refractivity contribution is 5.95. The molecule has 0 spiro atoms. The quantitative estimate of drug-likeness (QED) is 0.573. The van der Waals surface area contributed by atoms with Crippen LogP contribution in [0.1, 0.15) is 43.5 Å². The molecule has 1 atom stereocenters. The monoisotopic (exact) mass is 428 g/mol. The van der Waals surface area contributed by atoms with Crippen LogP contribution >= 0.6 is 0 Å². The minimum absolute atomic E-state index is 0.134. The number of hydrogen-bond acceptors (Lipinski definition) is 4. The minimum Gasteiger partial charge on any atom is -0.493 e. The first-order valence-corrected chi connectivity index (χ1v) is 11.1. The average molecular weight is 429 g/mol. The molecule has 1 aliphatic heterocycles. The van der Waals surface area contributed by atoms with E-state index in [1.165, 1.54) is 6.07 Å². The molecule has 1 unspecified atom stereocenters. The van der Waals surface area contributed by atoms with E-state index in [9.17, 15) is 4.79 Å². The van der Waals surface area contributed by atoms with Crippen LogP contribution in [0.25, 0.3) is 11.1 Å². The molecule has 168 valence electrons. The van der Waals surface area contributed by atoms with E-state index >= 15 is 4.39 Å². The maximum atomic E-state index is 15.0. The van der Waals surface area contributed by atoms with Crippen molar-refractivity contribution in [3.8, 4) is 22.6 Å². The lowest BCUT2D eigenvalue weighted by atomic mass is 10.0. The first-order valence-electron chi connectivity index (χ1n) is 11.1. The Bertz CT molecular complexity index is 902. The van der Waals surface area contributed by atoms with E-state index in [2.05, 4.69) is 18.7 Å². The number of halogens is 1. The first kappa shape index (κ1) is 23.1. The number of rotatable bonds is 9. The molecule has 0 aliphatic carbocycles. The summed E-state index contributed by atoms with van der Waals surface area (Å²) in [6, 6.07) is 10.4. The third-order valence-electron chi connectivity index (χ3n) is 6.01. The summed E-state index contributed by atoms with van der Waals surface area (Å²) < 4.78 is 25.6. The molecule has 2 aromatic carbocycles. The SMILES string of the molecule is CCCN(CC)CC1CCCN1C(=O)c1ccc(-c2ccc(OC)c(OC)c2)cc1F. The topological polar surface area (TPSA) is 42.0 Å². The maximum absolute atomic E-state index is 15.0. The third kappa shape index (κ3) is 5.18. The zero-order valence-corrected chi connectivity index (χ0v) is 19.0. The highest BCUT2D eigenvalue weighted by atomic mass is 19.1. The Labute approximate surface area is 184 Å². The summed E-state index contributed by atoms with van der Waals surface area (Å²) in [4.78, 5) is 17.4. The summed E-state index contributed by atoms with van der Waals surface area (Å²) in [5.41, 5.74) is 1.62. The van der Waals surface area contributed by atoms with Gasteiger partial charge >= 0.3 is 0 Å². The van der Waals surface area contributed by atoms with Gasteiger partial charge in [-0.1, -0.05) is 26.0 Å². The summed E-state index contributed by atoms with van der Waals surface area (Å²) in [7, 11) is 3.14. The summed E-state index contributed by atoms with van der Waals surface area (Å²) in [6.45, 7) is 7.81. The van der Waals surface area contributed by atoms with Crippen molar-refractivity contribution in [3.05, 3.63) is 47.8 Å². The van der Waals surface area contributed by atoms with Crippen molar-refractivity contribution < 1.29 is 18.7 Å².